The predicted octanol–water partition coefficient (Wildman–Crippen LogP) is -6.50. The highest BCUT2D eigenvalue weighted by molar-refractivity contribution is 5.19. The molecular formula is C56H92O29. The highest BCUT2D eigenvalue weighted by Crippen LogP contribution is 2.71. The van der Waals surface area contributed by atoms with Gasteiger partial charge < -0.3 is 144 Å². The van der Waals surface area contributed by atoms with E-state index in [1.54, 1.807) is 0 Å². The van der Waals surface area contributed by atoms with Crippen molar-refractivity contribution < 1.29 is 144 Å². The van der Waals surface area contributed by atoms with Crippen LogP contribution < -0.4 is 0 Å². The molecule has 490 valence electrons. The standard InChI is InChI=1S/C56H92O29/c1-19-7-10-56(75-17-19)20(2)31-45(85-56)37(67)32-22-6-5-21-11-26(24(61)12-55(21,4)23(22)8-9-54(31,32)3)76-50-42(72)39(69)44(30(16-60)80-50)81-53-48(47(36(66)29(15-59)79-53)83-49-40(70)33(63)25(62)18-74-49)84-52-43(73)46(35(65)28(14-58)78-52)82-51-41(71)38(68)34(64)27(13-57)77-51/h19-53,57-73H,5-18H2,1-4H3/t19-,20+,21+,22-,23+,24-,25-,26-,27-,28-,29-,30-,31+,32-,33+,34-,35+,36-,37+,38+,39-,40-,41-,42-,43-,44+,45-,46+,47+,48-,49+,50-,51+,52+,53+,54-,55+,56+/m1/s1. The summed E-state index contributed by atoms with van der Waals surface area (Å²) < 4.78 is 72.8. The van der Waals surface area contributed by atoms with E-state index in [0.717, 1.165) is 38.5 Å². The van der Waals surface area contributed by atoms with Crippen LogP contribution in [0.15, 0.2) is 0 Å². The SMILES string of the molecule is C[C@@H]1CC[C@]2(OC1)O[C@H]1[C@@H](O)[C@H]3[C@@H]4CC[C@H]5C[C@@H](O[C@@H]6O[C@H](CO)[C@H](O[C@@H]7O[C@H](CO)[C@@H](O)[C@H](O[C@@H]8OC[C@@H](O)[C@H](O)[C@H]8O)[C@H]7O[C@@H]7O[C@H](CO)[C@H](O)[C@H](O[C@@H]8O[C@H](CO)[C@@H](O)[C@H](O)[C@H]8O)[C@H]7O)[C@H](O)[C@H]6O)[C@H](O)C[C@]5(C)[C@H]4CC[C@]3(C)[C@H]1[C@@H]2C. The van der Waals surface area contributed by atoms with E-state index >= 15 is 0 Å². The molecule has 0 aromatic carbocycles. The first-order chi connectivity index (χ1) is 40.3. The lowest BCUT2D eigenvalue weighted by atomic mass is 9.44. The Bertz CT molecular complexity index is 2220. The Morgan fingerprint density at radius 2 is 1.01 bits per heavy atom. The summed E-state index contributed by atoms with van der Waals surface area (Å²) >= 11 is 0. The van der Waals surface area contributed by atoms with E-state index < -0.39 is 205 Å². The van der Waals surface area contributed by atoms with Crippen molar-refractivity contribution in [1.29, 1.82) is 0 Å². The normalized spacial score (nSPS) is 58.1. The lowest BCUT2D eigenvalue weighted by Gasteiger charge is -2.62. The fraction of sp³-hybridized carbons (Fsp3) is 1.00. The fourth-order valence-electron chi connectivity index (χ4n) is 17.4. The van der Waals surface area contributed by atoms with Crippen molar-refractivity contribution in [2.24, 2.45) is 52.3 Å². The van der Waals surface area contributed by atoms with Crippen LogP contribution in [0.25, 0.3) is 0 Å². The largest absolute Gasteiger partial charge is 0.394 e. The topological polar surface area (TPSA) is 455 Å². The van der Waals surface area contributed by atoms with Gasteiger partial charge >= 0.3 is 0 Å². The number of hydrogen-bond acceptors (Lipinski definition) is 29. The van der Waals surface area contributed by atoms with Crippen LogP contribution in [-0.2, 0) is 56.8 Å². The summed E-state index contributed by atoms with van der Waals surface area (Å²) in [5, 5.41) is 188. The summed E-state index contributed by atoms with van der Waals surface area (Å²) in [6.07, 6.45) is -42.5. The Hall–Kier alpha value is -1.16. The summed E-state index contributed by atoms with van der Waals surface area (Å²) in [6, 6.07) is 0. The van der Waals surface area contributed by atoms with Gasteiger partial charge in [-0.2, -0.15) is 0 Å². The Kier molecular flexibility index (Phi) is 19.5. The maximum Gasteiger partial charge on any atom is 0.187 e. The minimum atomic E-state index is -2.21. The van der Waals surface area contributed by atoms with Crippen LogP contribution in [0.4, 0.5) is 0 Å². The van der Waals surface area contributed by atoms with Crippen LogP contribution in [0.3, 0.4) is 0 Å². The zero-order chi connectivity index (χ0) is 61.1. The van der Waals surface area contributed by atoms with E-state index in [2.05, 4.69) is 27.7 Å². The first kappa shape index (κ1) is 65.3. The van der Waals surface area contributed by atoms with Crippen molar-refractivity contribution in [3.05, 3.63) is 0 Å². The molecule has 11 aliphatic rings. The van der Waals surface area contributed by atoms with Crippen molar-refractivity contribution in [2.75, 3.05) is 39.6 Å². The van der Waals surface area contributed by atoms with Gasteiger partial charge in [-0.15, -0.1) is 0 Å². The van der Waals surface area contributed by atoms with Gasteiger partial charge in [-0.3, -0.25) is 0 Å². The van der Waals surface area contributed by atoms with E-state index in [1.165, 1.54) is 0 Å². The summed E-state index contributed by atoms with van der Waals surface area (Å²) in [4.78, 5) is 0. The summed E-state index contributed by atoms with van der Waals surface area (Å²) in [6.45, 7) is 5.21. The summed E-state index contributed by atoms with van der Waals surface area (Å²) in [5.41, 5.74) is -0.531. The third kappa shape index (κ3) is 11.3. The van der Waals surface area contributed by atoms with Gasteiger partial charge in [0.25, 0.3) is 0 Å². The van der Waals surface area contributed by atoms with E-state index in [1.807, 2.05) is 0 Å². The average Bonchev–Trinajstić information content (AvgIpc) is 1.59. The van der Waals surface area contributed by atoms with Crippen LogP contribution in [0.2, 0.25) is 0 Å². The van der Waals surface area contributed by atoms with Gasteiger partial charge in [0.1, 0.15) is 116 Å². The molecule has 7 saturated heterocycles. The molecule has 29 nitrogen and oxygen atoms in total. The molecule has 0 aromatic rings. The molecule has 4 saturated carbocycles. The minimum absolute atomic E-state index is 0.00749. The van der Waals surface area contributed by atoms with Gasteiger partial charge in [0, 0.05) is 18.3 Å². The van der Waals surface area contributed by atoms with Crippen LogP contribution in [0.5, 0.6) is 0 Å². The van der Waals surface area contributed by atoms with Gasteiger partial charge in [0.05, 0.1) is 64.1 Å². The summed E-state index contributed by atoms with van der Waals surface area (Å²) in [5.74, 6) is 0.388. The molecule has 17 N–H and O–H groups in total. The maximum absolute atomic E-state index is 12.3. The second-order valence-corrected chi connectivity index (χ2v) is 26.9. The van der Waals surface area contributed by atoms with E-state index in [-0.39, 0.29) is 52.4 Å². The first-order valence-corrected chi connectivity index (χ1v) is 30.5. The molecule has 11 rings (SSSR count). The quantitative estimate of drug-likeness (QED) is 0.0719. The highest BCUT2D eigenvalue weighted by Gasteiger charge is 2.73. The lowest BCUT2D eigenvalue weighted by Crippen LogP contribution is -2.69. The van der Waals surface area contributed by atoms with Crippen LogP contribution in [0.1, 0.15) is 79.1 Å². The molecule has 0 aromatic heterocycles. The Morgan fingerprint density at radius 3 is 1.67 bits per heavy atom. The monoisotopic (exact) mass is 1230 g/mol. The molecule has 1 spiro atoms. The molecule has 7 heterocycles. The van der Waals surface area contributed by atoms with Gasteiger partial charge in [-0.05, 0) is 85.4 Å². The van der Waals surface area contributed by atoms with Crippen LogP contribution >= 0.6 is 0 Å². The minimum Gasteiger partial charge on any atom is -0.394 e. The Morgan fingerprint density at radius 1 is 0.447 bits per heavy atom. The number of hydrogen-bond donors (Lipinski definition) is 17. The average molecular weight is 1230 g/mol. The number of fused-ring (bicyclic) bond motifs is 7. The zero-order valence-electron chi connectivity index (χ0n) is 48.1. The summed E-state index contributed by atoms with van der Waals surface area (Å²) in [7, 11) is 0. The third-order valence-corrected chi connectivity index (χ3v) is 22.2. The molecule has 0 amide bonds. The Balaban J connectivity index is 0.797. The molecular weight excluding hydrogens is 1140 g/mol. The maximum atomic E-state index is 12.3. The molecule has 0 radical (unpaired) electrons. The first-order valence-electron chi connectivity index (χ1n) is 30.5. The second kappa shape index (κ2) is 25.4. The van der Waals surface area contributed by atoms with Crippen molar-refractivity contribution in [2.45, 2.75) is 257 Å². The van der Waals surface area contributed by atoms with Crippen LogP contribution in [-0.4, -0.2) is 304 Å². The fourth-order valence-corrected chi connectivity index (χ4v) is 17.4. The molecule has 11 fully saturated rings. The second-order valence-electron chi connectivity index (χ2n) is 26.9. The molecule has 29 heteroatoms. The van der Waals surface area contributed by atoms with E-state index in [4.69, 9.17) is 56.8 Å². The van der Waals surface area contributed by atoms with Crippen LogP contribution in [0, 0.1) is 52.3 Å². The Labute approximate surface area is 491 Å². The van der Waals surface area contributed by atoms with Gasteiger partial charge in [0.2, 0.25) is 0 Å². The molecule has 0 unspecified atom stereocenters. The van der Waals surface area contributed by atoms with Crippen molar-refractivity contribution in [3.8, 4) is 0 Å². The number of aliphatic hydroxyl groups excluding tert-OH is 17. The number of aliphatic hydroxyl groups is 17. The van der Waals surface area contributed by atoms with E-state index in [9.17, 15) is 86.8 Å². The number of ether oxygens (including phenoxy) is 12. The predicted molar refractivity (Wildman–Crippen MR) is 278 cm³/mol. The zero-order valence-corrected chi connectivity index (χ0v) is 48.1. The molecule has 7 aliphatic heterocycles. The molecule has 4 aliphatic carbocycles. The lowest BCUT2D eigenvalue weighted by molar-refractivity contribution is -0.410. The highest BCUT2D eigenvalue weighted by atomic mass is 16.8. The number of rotatable bonds is 14. The molecule has 38 atom stereocenters. The van der Waals surface area contributed by atoms with E-state index in [0.29, 0.717) is 25.4 Å². The van der Waals surface area contributed by atoms with Crippen molar-refractivity contribution in [1.82, 2.24) is 0 Å². The van der Waals surface area contributed by atoms with Gasteiger partial charge in [0.15, 0.2) is 37.2 Å². The van der Waals surface area contributed by atoms with Crippen molar-refractivity contribution >= 4 is 0 Å². The molecule has 85 heavy (non-hydrogen) atoms. The molecule has 0 bridgehead atoms. The van der Waals surface area contributed by atoms with Gasteiger partial charge in [-0.1, -0.05) is 27.7 Å². The van der Waals surface area contributed by atoms with Gasteiger partial charge in [-0.25, -0.2) is 0 Å². The third-order valence-electron chi connectivity index (χ3n) is 22.2. The van der Waals surface area contributed by atoms with Crippen molar-refractivity contribution in [3.63, 3.8) is 0 Å². The smallest absolute Gasteiger partial charge is 0.187 e.